The average molecular weight is 510 g/mol. The molecule has 0 aliphatic heterocycles. The molecule has 1 fully saturated rings. The maximum atomic E-state index is 14.2. The molecule has 3 rings (SSSR count). The van der Waals surface area contributed by atoms with E-state index in [0.29, 0.717) is 5.56 Å². The van der Waals surface area contributed by atoms with E-state index < -0.39 is 29.3 Å². The van der Waals surface area contributed by atoms with Gasteiger partial charge in [-0.25, -0.2) is 4.79 Å². The van der Waals surface area contributed by atoms with Gasteiger partial charge in [-0.15, -0.1) is 0 Å². The Morgan fingerprint density at radius 1 is 0.973 bits per heavy atom. The number of nitrogens with one attached hydrogen (secondary N) is 2. The van der Waals surface area contributed by atoms with Crippen LogP contribution >= 0.6 is 0 Å². The van der Waals surface area contributed by atoms with Crippen LogP contribution in [0.25, 0.3) is 0 Å². The Balaban J connectivity index is 1.99. The number of hydrogen-bond donors (Lipinski definition) is 3. The molecule has 3 amide bonds. The lowest BCUT2D eigenvalue weighted by Gasteiger charge is -2.36. The summed E-state index contributed by atoms with van der Waals surface area (Å²) in [5.74, 6) is -0.534. The van der Waals surface area contributed by atoms with Crippen LogP contribution in [0.3, 0.4) is 0 Å². The highest BCUT2D eigenvalue weighted by Crippen LogP contribution is 2.36. The van der Waals surface area contributed by atoms with Gasteiger partial charge in [0.15, 0.2) is 0 Å². The van der Waals surface area contributed by atoms with Gasteiger partial charge < -0.3 is 25.4 Å². The van der Waals surface area contributed by atoms with E-state index in [1.807, 2.05) is 51.1 Å². The number of rotatable bonds is 8. The predicted octanol–water partition coefficient (Wildman–Crippen LogP) is 4.48. The van der Waals surface area contributed by atoms with Crippen molar-refractivity contribution in [3.05, 3.63) is 65.7 Å². The number of ether oxygens (including phenoxy) is 1. The summed E-state index contributed by atoms with van der Waals surface area (Å²) in [5, 5.41) is 15.5. The minimum atomic E-state index is -0.978. The molecule has 0 saturated heterocycles. The van der Waals surface area contributed by atoms with Crippen molar-refractivity contribution in [1.82, 2.24) is 15.5 Å². The highest BCUT2D eigenvalue weighted by molar-refractivity contribution is 5.93. The molecule has 8 nitrogen and oxygen atoms in total. The minimum Gasteiger partial charge on any atom is -0.508 e. The molecule has 2 atom stereocenters. The Hall–Kier alpha value is -3.55. The fourth-order valence-corrected chi connectivity index (χ4v) is 4.08. The Morgan fingerprint density at radius 3 is 2.08 bits per heavy atom. The molecule has 2 aromatic carbocycles. The lowest BCUT2D eigenvalue weighted by atomic mass is 9.99. The van der Waals surface area contributed by atoms with Crippen molar-refractivity contribution in [2.75, 3.05) is 0 Å². The Labute approximate surface area is 219 Å². The summed E-state index contributed by atoms with van der Waals surface area (Å²) in [5.41, 5.74) is 0.206. The highest BCUT2D eigenvalue weighted by Gasteiger charge is 2.44. The average Bonchev–Trinajstić information content (AvgIpc) is 3.61. The smallest absolute Gasteiger partial charge is 0.408 e. The summed E-state index contributed by atoms with van der Waals surface area (Å²) in [6.07, 6.45) is 1.01. The van der Waals surface area contributed by atoms with Crippen LogP contribution in [0.4, 0.5) is 4.79 Å². The monoisotopic (exact) mass is 509 g/mol. The molecular weight excluding hydrogens is 470 g/mol. The summed E-state index contributed by atoms with van der Waals surface area (Å²) < 4.78 is 5.45. The fourth-order valence-electron chi connectivity index (χ4n) is 4.08. The van der Waals surface area contributed by atoms with Gasteiger partial charge in [0.25, 0.3) is 0 Å². The van der Waals surface area contributed by atoms with Crippen molar-refractivity contribution in [3.63, 3.8) is 0 Å². The first-order chi connectivity index (χ1) is 17.2. The van der Waals surface area contributed by atoms with Gasteiger partial charge in [-0.05, 0) is 77.6 Å². The first-order valence-corrected chi connectivity index (χ1v) is 12.7. The molecule has 1 aliphatic rings. The lowest BCUT2D eigenvalue weighted by Crippen LogP contribution is -2.55. The van der Waals surface area contributed by atoms with E-state index in [0.717, 1.165) is 18.4 Å². The predicted molar refractivity (Wildman–Crippen MR) is 142 cm³/mol. The number of benzene rings is 2. The molecular formula is C29H39N3O5. The van der Waals surface area contributed by atoms with Gasteiger partial charge in [0.1, 0.15) is 23.4 Å². The van der Waals surface area contributed by atoms with Gasteiger partial charge in [-0.1, -0.05) is 42.5 Å². The van der Waals surface area contributed by atoms with Crippen LogP contribution < -0.4 is 10.6 Å². The third-order valence-electron chi connectivity index (χ3n) is 5.70. The second-order valence-electron chi connectivity index (χ2n) is 11.6. The molecule has 2 unspecified atom stereocenters. The number of amides is 3. The van der Waals surface area contributed by atoms with Gasteiger partial charge in [0.05, 0.1) is 0 Å². The fraction of sp³-hybridized carbons (Fsp3) is 0.483. The number of carbonyl (C=O) groups is 3. The zero-order valence-corrected chi connectivity index (χ0v) is 22.6. The van der Waals surface area contributed by atoms with Crippen molar-refractivity contribution in [3.8, 4) is 5.75 Å². The van der Waals surface area contributed by atoms with Crippen molar-refractivity contribution in [2.45, 2.75) is 90.1 Å². The molecule has 0 bridgehead atoms. The molecule has 0 heterocycles. The number of nitrogens with zero attached hydrogens (tertiary/aromatic N) is 1. The van der Waals surface area contributed by atoms with Crippen LogP contribution in [-0.4, -0.2) is 51.1 Å². The minimum absolute atomic E-state index is 0.106. The Bertz CT molecular complexity index is 1080. The summed E-state index contributed by atoms with van der Waals surface area (Å²) in [6.45, 7) is 10.9. The summed E-state index contributed by atoms with van der Waals surface area (Å²) >= 11 is 0. The van der Waals surface area contributed by atoms with Crippen LogP contribution in [0.2, 0.25) is 0 Å². The van der Waals surface area contributed by atoms with Gasteiger partial charge in [-0.3, -0.25) is 9.59 Å². The first kappa shape index (κ1) is 28.0. The van der Waals surface area contributed by atoms with Crippen LogP contribution in [0.15, 0.2) is 54.6 Å². The highest BCUT2D eigenvalue weighted by atomic mass is 16.6. The van der Waals surface area contributed by atoms with E-state index >= 15 is 0 Å². The van der Waals surface area contributed by atoms with E-state index in [-0.39, 0.29) is 30.0 Å². The molecule has 8 heteroatoms. The van der Waals surface area contributed by atoms with Gasteiger partial charge in [0.2, 0.25) is 11.8 Å². The standard InChI is InChI=1S/C29H39N3O5/c1-28(2,3)31-25(34)24(20-10-8-7-9-11-20)32(21-14-15-21)26(35)23(30-27(36)37-29(4,5)6)18-19-12-16-22(33)17-13-19/h7-13,16-17,21,23-24,33H,14-15,18H2,1-6H3,(H,30,36)(H,31,34). The molecule has 200 valence electrons. The third-order valence-corrected chi connectivity index (χ3v) is 5.70. The Kier molecular flexibility index (Phi) is 8.51. The van der Waals surface area contributed by atoms with E-state index in [1.54, 1.807) is 37.8 Å². The molecule has 0 aromatic heterocycles. The van der Waals surface area contributed by atoms with Crippen molar-refractivity contribution in [1.29, 1.82) is 0 Å². The molecule has 0 spiro atoms. The van der Waals surface area contributed by atoms with E-state index in [1.165, 1.54) is 12.1 Å². The van der Waals surface area contributed by atoms with Crippen molar-refractivity contribution < 1.29 is 24.2 Å². The van der Waals surface area contributed by atoms with Crippen LogP contribution in [0, 0.1) is 0 Å². The number of hydrogen-bond acceptors (Lipinski definition) is 5. The molecule has 0 radical (unpaired) electrons. The molecule has 37 heavy (non-hydrogen) atoms. The van der Waals surface area contributed by atoms with Gasteiger partial charge in [-0.2, -0.15) is 0 Å². The summed E-state index contributed by atoms with van der Waals surface area (Å²) in [4.78, 5) is 42.2. The SMILES string of the molecule is CC(C)(C)NC(=O)C(c1ccccc1)N(C(=O)C(Cc1ccc(O)cc1)NC(=O)OC(C)(C)C)C1CC1. The number of phenols is 1. The molecule has 2 aromatic rings. The quantitative estimate of drug-likeness (QED) is 0.487. The number of aromatic hydroxyl groups is 1. The zero-order chi connectivity index (χ0) is 27.4. The largest absolute Gasteiger partial charge is 0.508 e. The number of carbonyl (C=O) groups excluding carboxylic acids is 3. The molecule has 1 aliphatic carbocycles. The van der Waals surface area contributed by atoms with Gasteiger partial charge >= 0.3 is 6.09 Å². The number of alkyl carbamates (subject to hydrolysis) is 1. The topological polar surface area (TPSA) is 108 Å². The second kappa shape index (κ2) is 11.2. The van der Waals surface area contributed by atoms with Crippen LogP contribution in [0.5, 0.6) is 5.75 Å². The van der Waals surface area contributed by atoms with Gasteiger partial charge in [0, 0.05) is 18.0 Å². The third kappa shape index (κ3) is 8.51. The first-order valence-electron chi connectivity index (χ1n) is 12.7. The second-order valence-corrected chi connectivity index (χ2v) is 11.6. The normalized spacial score (nSPS) is 15.3. The van der Waals surface area contributed by atoms with Crippen molar-refractivity contribution >= 4 is 17.9 Å². The maximum Gasteiger partial charge on any atom is 0.408 e. The zero-order valence-electron chi connectivity index (χ0n) is 22.6. The van der Waals surface area contributed by atoms with Crippen LogP contribution in [-0.2, 0) is 20.7 Å². The molecule has 3 N–H and O–H groups in total. The van der Waals surface area contributed by atoms with E-state index in [2.05, 4.69) is 10.6 Å². The van der Waals surface area contributed by atoms with Crippen LogP contribution in [0.1, 0.15) is 71.6 Å². The maximum absolute atomic E-state index is 14.2. The Morgan fingerprint density at radius 2 is 1.57 bits per heavy atom. The number of phenolic OH excluding ortho intramolecular Hbond substituents is 1. The lowest BCUT2D eigenvalue weighted by molar-refractivity contribution is -0.143. The molecule has 1 saturated carbocycles. The van der Waals surface area contributed by atoms with E-state index in [9.17, 15) is 19.5 Å². The van der Waals surface area contributed by atoms with Crippen molar-refractivity contribution in [2.24, 2.45) is 0 Å². The summed E-state index contributed by atoms with van der Waals surface area (Å²) in [6, 6.07) is 13.7. The summed E-state index contributed by atoms with van der Waals surface area (Å²) in [7, 11) is 0. The van der Waals surface area contributed by atoms with E-state index in [4.69, 9.17) is 4.74 Å².